The van der Waals surface area contributed by atoms with Crippen LogP contribution in [0.1, 0.15) is 5.56 Å². The van der Waals surface area contributed by atoms with Gasteiger partial charge in [-0.25, -0.2) is 0 Å². The van der Waals surface area contributed by atoms with Gasteiger partial charge in [-0.15, -0.1) is 0 Å². The molecule has 0 bridgehead atoms. The summed E-state index contributed by atoms with van der Waals surface area (Å²) in [4.78, 5) is 3.78. The minimum atomic E-state index is -4.50. The van der Waals surface area contributed by atoms with Crippen LogP contribution in [0.2, 0.25) is 0 Å². The molecule has 0 radical (unpaired) electrons. The lowest BCUT2D eigenvalue weighted by molar-refractivity contribution is -0.138. The van der Waals surface area contributed by atoms with Crippen LogP contribution in [0.3, 0.4) is 0 Å². The quantitative estimate of drug-likeness (QED) is 0.899. The summed E-state index contributed by atoms with van der Waals surface area (Å²) >= 11 is 0. The molecule has 96 valence electrons. The van der Waals surface area contributed by atoms with E-state index in [1.165, 1.54) is 18.4 Å². The summed E-state index contributed by atoms with van der Waals surface area (Å²) in [5.74, 6) is -0.307. The van der Waals surface area contributed by atoms with Gasteiger partial charge in [-0.3, -0.25) is 0 Å². The molecule has 7 heteroatoms. The van der Waals surface area contributed by atoms with E-state index in [4.69, 9.17) is 14.9 Å². The predicted molar refractivity (Wildman–Crippen MR) is 57.9 cm³/mol. The third kappa shape index (κ3) is 2.11. The molecule has 0 saturated carbocycles. The first-order valence-electron chi connectivity index (χ1n) is 4.89. The van der Waals surface area contributed by atoms with Crippen LogP contribution in [-0.4, -0.2) is 12.1 Å². The van der Waals surface area contributed by atoms with Gasteiger partial charge in [0.2, 0.25) is 0 Å². The number of oxazole rings is 1. The molecule has 2 N–H and O–H groups in total. The van der Waals surface area contributed by atoms with E-state index in [1.54, 1.807) is 0 Å². The molecular weight excluding hydrogens is 249 g/mol. The number of para-hydroxylation sites is 1. The number of nitrogens with zero attached hydrogens (tertiary/aromatic N) is 1. The lowest BCUT2D eigenvalue weighted by Gasteiger charge is -2.14. The lowest BCUT2D eigenvalue weighted by atomic mass is 10.1. The number of nitrogen functional groups attached to an aromatic ring is 1. The van der Waals surface area contributed by atoms with Crippen molar-refractivity contribution in [1.82, 2.24) is 4.98 Å². The maximum absolute atomic E-state index is 12.8. The van der Waals surface area contributed by atoms with Crippen molar-refractivity contribution in [2.24, 2.45) is 0 Å². The number of benzene rings is 1. The van der Waals surface area contributed by atoms with Crippen LogP contribution in [0.4, 0.5) is 19.2 Å². The predicted octanol–water partition coefficient (Wildman–Crippen LogP) is 2.95. The molecule has 1 aromatic carbocycles. The standard InChI is InChI=1S/C11H9F3N2O2/c1-17-9-6(8-5-18-10(15)16-8)3-2-4-7(9)11(12,13)14/h2-5H,1H3,(H2,15,16). The van der Waals surface area contributed by atoms with Crippen molar-refractivity contribution in [3.63, 3.8) is 0 Å². The Morgan fingerprint density at radius 3 is 2.56 bits per heavy atom. The fourth-order valence-corrected chi connectivity index (χ4v) is 1.59. The Kier molecular flexibility index (Phi) is 2.90. The number of methoxy groups -OCH3 is 1. The molecule has 4 nitrogen and oxygen atoms in total. The van der Waals surface area contributed by atoms with E-state index in [2.05, 4.69) is 4.98 Å². The van der Waals surface area contributed by atoms with Gasteiger partial charge in [0.15, 0.2) is 0 Å². The second-order valence-corrected chi connectivity index (χ2v) is 3.46. The molecular formula is C11H9F3N2O2. The van der Waals surface area contributed by atoms with Gasteiger partial charge in [-0.1, -0.05) is 6.07 Å². The fourth-order valence-electron chi connectivity index (χ4n) is 1.59. The largest absolute Gasteiger partial charge is 0.495 e. The zero-order valence-corrected chi connectivity index (χ0v) is 9.28. The molecule has 0 atom stereocenters. The van der Waals surface area contributed by atoms with Crippen molar-refractivity contribution in [2.45, 2.75) is 6.18 Å². The molecule has 0 amide bonds. The van der Waals surface area contributed by atoms with Gasteiger partial charge < -0.3 is 14.9 Å². The molecule has 0 fully saturated rings. The number of rotatable bonds is 2. The van der Waals surface area contributed by atoms with Gasteiger partial charge >= 0.3 is 6.18 Å². The highest BCUT2D eigenvalue weighted by molar-refractivity contribution is 5.69. The number of hydrogen-bond acceptors (Lipinski definition) is 4. The second kappa shape index (κ2) is 4.25. The Labute approximate surface area is 100 Å². The van der Waals surface area contributed by atoms with Gasteiger partial charge in [0, 0.05) is 5.56 Å². The third-order valence-electron chi connectivity index (χ3n) is 2.32. The molecule has 0 aliphatic rings. The number of anilines is 1. The minimum absolute atomic E-state index is 0.121. The highest BCUT2D eigenvalue weighted by atomic mass is 19.4. The number of hydrogen-bond donors (Lipinski definition) is 1. The van der Waals surface area contributed by atoms with Crippen molar-refractivity contribution in [2.75, 3.05) is 12.8 Å². The van der Waals surface area contributed by atoms with Crippen molar-refractivity contribution >= 4 is 6.01 Å². The topological polar surface area (TPSA) is 61.3 Å². The first kappa shape index (κ1) is 12.3. The third-order valence-corrected chi connectivity index (χ3v) is 2.32. The SMILES string of the molecule is COc1c(-c2coc(N)n2)cccc1C(F)(F)F. The summed E-state index contributed by atoms with van der Waals surface area (Å²) in [7, 11) is 1.16. The number of halogens is 3. The zero-order valence-electron chi connectivity index (χ0n) is 9.28. The number of aromatic nitrogens is 1. The van der Waals surface area contributed by atoms with Crippen molar-refractivity contribution in [1.29, 1.82) is 0 Å². The molecule has 2 rings (SSSR count). The Hall–Kier alpha value is -2.18. The van der Waals surface area contributed by atoms with E-state index < -0.39 is 11.7 Å². The summed E-state index contributed by atoms with van der Waals surface area (Å²) in [5.41, 5.74) is 4.78. The maximum atomic E-state index is 12.8. The van der Waals surface area contributed by atoms with Gasteiger partial charge in [0.25, 0.3) is 6.01 Å². The van der Waals surface area contributed by atoms with E-state index in [0.717, 1.165) is 13.2 Å². The zero-order chi connectivity index (χ0) is 13.3. The minimum Gasteiger partial charge on any atom is -0.495 e. The summed E-state index contributed by atoms with van der Waals surface area (Å²) in [6, 6.07) is 3.53. The normalized spacial score (nSPS) is 11.6. The molecule has 0 unspecified atom stereocenters. The Bertz CT molecular complexity index is 564. The average molecular weight is 258 g/mol. The van der Waals surface area contributed by atoms with Gasteiger partial charge in [-0.05, 0) is 12.1 Å². The summed E-state index contributed by atoms with van der Waals surface area (Å²) in [6.07, 6.45) is -3.33. The van der Waals surface area contributed by atoms with E-state index in [9.17, 15) is 13.2 Å². The van der Waals surface area contributed by atoms with E-state index in [0.29, 0.717) is 0 Å². The summed E-state index contributed by atoms with van der Waals surface area (Å²) in [5, 5.41) is 0. The monoisotopic (exact) mass is 258 g/mol. The number of ether oxygens (including phenoxy) is 1. The Balaban J connectivity index is 2.62. The van der Waals surface area contributed by atoms with Gasteiger partial charge in [0.05, 0.1) is 12.7 Å². The van der Waals surface area contributed by atoms with Gasteiger partial charge in [-0.2, -0.15) is 18.2 Å². The van der Waals surface area contributed by atoms with Crippen molar-refractivity contribution in [3.8, 4) is 17.0 Å². The van der Waals surface area contributed by atoms with E-state index in [1.807, 2.05) is 0 Å². The summed E-state index contributed by atoms with van der Waals surface area (Å²) < 4.78 is 48.0. The molecule has 0 aliphatic carbocycles. The first-order chi connectivity index (χ1) is 8.43. The molecule has 0 aliphatic heterocycles. The van der Waals surface area contributed by atoms with E-state index in [-0.39, 0.29) is 23.0 Å². The van der Waals surface area contributed by atoms with E-state index >= 15 is 0 Å². The molecule has 1 heterocycles. The van der Waals surface area contributed by atoms with Crippen LogP contribution in [0.5, 0.6) is 5.75 Å². The van der Waals surface area contributed by atoms with Crippen LogP contribution >= 0.6 is 0 Å². The van der Waals surface area contributed by atoms with Crippen molar-refractivity contribution in [3.05, 3.63) is 30.0 Å². The van der Waals surface area contributed by atoms with Crippen LogP contribution in [0, 0.1) is 0 Å². The fraction of sp³-hybridized carbons (Fsp3) is 0.182. The highest BCUT2D eigenvalue weighted by Crippen LogP contribution is 2.41. The van der Waals surface area contributed by atoms with Crippen molar-refractivity contribution < 1.29 is 22.3 Å². The maximum Gasteiger partial charge on any atom is 0.419 e. The molecule has 1 aromatic heterocycles. The Morgan fingerprint density at radius 1 is 1.33 bits per heavy atom. The first-order valence-corrected chi connectivity index (χ1v) is 4.89. The molecule has 18 heavy (non-hydrogen) atoms. The smallest absolute Gasteiger partial charge is 0.419 e. The average Bonchev–Trinajstić information content (AvgIpc) is 2.73. The van der Waals surface area contributed by atoms with Crippen LogP contribution in [0.25, 0.3) is 11.3 Å². The summed E-state index contributed by atoms with van der Waals surface area (Å²) in [6.45, 7) is 0. The Morgan fingerprint density at radius 2 is 2.06 bits per heavy atom. The second-order valence-electron chi connectivity index (χ2n) is 3.46. The molecule has 0 saturated heterocycles. The van der Waals surface area contributed by atoms with Gasteiger partial charge in [0.1, 0.15) is 17.7 Å². The molecule has 0 spiro atoms. The number of alkyl halides is 3. The number of nitrogens with two attached hydrogens (primary N) is 1. The molecule has 2 aromatic rings. The highest BCUT2D eigenvalue weighted by Gasteiger charge is 2.35. The van der Waals surface area contributed by atoms with Crippen LogP contribution < -0.4 is 10.5 Å². The van der Waals surface area contributed by atoms with Crippen LogP contribution in [-0.2, 0) is 6.18 Å². The lowest BCUT2D eigenvalue weighted by Crippen LogP contribution is -2.08. The van der Waals surface area contributed by atoms with Crippen LogP contribution in [0.15, 0.2) is 28.9 Å².